The van der Waals surface area contributed by atoms with E-state index in [1.165, 1.54) is 33.6 Å². The Kier molecular flexibility index (Phi) is 3.27. The molecular formula is C13H10N2O2S2. The topological polar surface area (TPSA) is 54.6 Å². The van der Waals surface area contributed by atoms with Gasteiger partial charge in [0.05, 0.1) is 5.69 Å². The fourth-order valence-electron chi connectivity index (χ4n) is 1.69. The monoisotopic (exact) mass is 290 g/mol. The highest BCUT2D eigenvalue weighted by atomic mass is 32.2. The minimum absolute atomic E-state index is 0.0702. The molecule has 0 atom stereocenters. The molecule has 4 nitrogen and oxygen atoms in total. The Hall–Kier alpha value is -1.79. The lowest BCUT2D eigenvalue weighted by atomic mass is 10.3. The molecule has 0 aliphatic carbocycles. The third-order valence-electron chi connectivity index (χ3n) is 2.60. The van der Waals surface area contributed by atoms with Crippen LogP contribution in [0, 0.1) is 0 Å². The smallest absolute Gasteiger partial charge is 0.258 e. The molecule has 0 saturated carbocycles. The Morgan fingerprint density at radius 2 is 2.21 bits per heavy atom. The quantitative estimate of drug-likeness (QED) is 0.754. The van der Waals surface area contributed by atoms with Crippen molar-refractivity contribution in [1.82, 2.24) is 9.38 Å². The summed E-state index contributed by atoms with van der Waals surface area (Å²) in [7, 11) is 0. The van der Waals surface area contributed by atoms with Crippen molar-refractivity contribution in [2.75, 3.05) is 0 Å². The lowest BCUT2D eigenvalue weighted by Gasteiger charge is -2.03. The Labute approximate surface area is 117 Å². The fourth-order valence-corrected chi connectivity index (χ4v) is 3.27. The van der Waals surface area contributed by atoms with Gasteiger partial charge in [-0.05, 0) is 12.1 Å². The van der Waals surface area contributed by atoms with Crippen molar-refractivity contribution in [3.63, 3.8) is 0 Å². The third-order valence-corrected chi connectivity index (χ3v) is 4.45. The lowest BCUT2D eigenvalue weighted by Crippen LogP contribution is -2.12. The van der Waals surface area contributed by atoms with Gasteiger partial charge in [0.25, 0.3) is 5.56 Å². The molecular weight excluding hydrogens is 280 g/mol. The predicted octanol–water partition coefficient (Wildman–Crippen LogP) is 2.75. The molecule has 0 bridgehead atoms. The number of thioether (sulfide) groups is 1. The summed E-state index contributed by atoms with van der Waals surface area (Å²) in [5, 5.41) is 11.5. The standard InChI is InChI=1S/C13H10N2O2S2/c16-10-3-1-2-4-11(10)19-8-9-7-12(17)15-5-6-18-13(15)14-9/h1-7,16H,8H2. The van der Waals surface area contributed by atoms with Crippen molar-refractivity contribution in [3.05, 3.63) is 58.0 Å². The third kappa shape index (κ3) is 2.50. The molecule has 96 valence electrons. The van der Waals surface area contributed by atoms with Gasteiger partial charge in [0, 0.05) is 28.3 Å². The van der Waals surface area contributed by atoms with Crippen molar-refractivity contribution in [2.45, 2.75) is 10.6 Å². The van der Waals surface area contributed by atoms with Gasteiger partial charge in [-0.2, -0.15) is 0 Å². The first-order chi connectivity index (χ1) is 9.24. The molecule has 0 amide bonds. The minimum atomic E-state index is -0.0702. The van der Waals surface area contributed by atoms with E-state index >= 15 is 0 Å². The molecule has 6 heteroatoms. The van der Waals surface area contributed by atoms with Gasteiger partial charge in [-0.1, -0.05) is 12.1 Å². The van der Waals surface area contributed by atoms with Gasteiger partial charge in [-0.25, -0.2) is 4.98 Å². The first-order valence-corrected chi connectivity index (χ1v) is 7.47. The molecule has 0 spiro atoms. The largest absolute Gasteiger partial charge is 0.507 e. The van der Waals surface area contributed by atoms with Gasteiger partial charge >= 0.3 is 0 Å². The molecule has 2 aromatic heterocycles. The van der Waals surface area contributed by atoms with Gasteiger partial charge in [0.15, 0.2) is 4.96 Å². The summed E-state index contributed by atoms with van der Waals surface area (Å²) in [6.45, 7) is 0. The van der Waals surface area contributed by atoms with Crippen molar-refractivity contribution in [2.24, 2.45) is 0 Å². The molecule has 0 aliphatic rings. The van der Waals surface area contributed by atoms with E-state index in [9.17, 15) is 9.90 Å². The zero-order chi connectivity index (χ0) is 13.2. The van der Waals surface area contributed by atoms with Gasteiger partial charge in [-0.15, -0.1) is 23.1 Å². The number of hydrogen-bond donors (Lipinski definition) is 1. The van der Waals surface area contributed by atoms with Crippen LogP contribution in [0.25, 0.3) is 4.96 Å². The summed E-state index contributed by atoms with van der Waals surface area (Å²) >= 11 is 2.90. The summed E-state index contributed by atoms with van der Waals surface area (Å²) in [5.41, 5.74) is 0.653. The Morgan fingerprint density at radius 1 is 1.37 bits per heavy atom. The van der Waals surface area contributed by atoms with Crippen LogP contribution in [-0.2, 0) is 5.75 Å². The van der Waals surface area contributed by atoms with Gasteiger partial charge < -0.3 is 5.11 Å². The molecule has 1 N–H and O–H groups in total. The molecule has 0 radical (unpaired) electrons. The van der Waals surface area contributed by atoms with E-state index in [-0.39, 0.29) is 11.3 Å². The van der Waals surface area contributed by atoms with Crippen LogP contribution in [0.4, 0.5) is 0 Å². The Morgan fingerprint density at radius 3 is 3.05 bits per heavy atom. The van der Waals surface area contributed by atoms with Crippen LogP contribution in [0.15, 0.2) is 51.6 Å². The number of aromatic hydroxyl groups is 1. The molecule has 0 aliphatic heterocycles. The maximum Gasteiger partial charge on any atom is 0.258 e. The van der Waals surface area contributed by atoms with Crippen LogP contribution in [0.3, 0.4) is 0 Å². The zero-order valence-corrected chi connectivity index (χ0v) is 11.4. The Balaban J connectivity index is 1.86. The fraction of sp³-hybridized carbons (Fsp3) is 0.0769. The molecule has 0 saturated heterocycles. The summed E-state index contributed by atoms with van der Waals surface area (Å²) in [5.74, 6) is 0.808. The van der Waals surface area contributed by atoms with E-state index in [1.807, 2.05) is 17.5 Å². The van der Waals surface area contributed by atoms with Crippen molar-refractivity contribution >= 4 is 28.1 Å². The van der Waals surface area contributed by atoms with Gasteiger partial charge in [0.1, 0.15) is 5.75 Å². The number of thiazole rings is 1. The number of phenolic OH excluding ortho intramolecular Hbond substituents is 1. The van der Waals surface area contributed by atoms with Crippen molar-refractivity contribution in [1.29, 1.82) is 0 Å². The summed E-state index contributed by atoms with van der Waals surface area (Å²) in [6.07, 6.45) is 1.72. The highest BCUT2D eigenvalue weighted by Gasteiger charge is 2.05. The zero-order valence-electron chi connectivity index (χ0n) is 9.81. The maximum atomic E-state index is 11.8. The molecule has 2 heterocycles. The summed E-state index contributed by atoms with van der Waals surface area (Å²) in [4.78, 5) is 17.7. The van der Waals surface area contributed by atoms with Gasteiger partial charge in [0.2, 0.25) is 0 Å². The van der Waals surface area contributed by atoms with E-state index in [4.69, 9.17) is 0 Å². The number of para-hydroxylation sites is 1. The molecule has 0 unspecified atom stereocenters. The van der Waals surface area contributed by atoms with Crippen LogP contribution in [0.5, 0.6) is 5.75 Å². The van der Waals surface area contributed by atoms with Crippen LogP contribution in [0.2, 0.25) is 0 Å². The number of rotatable bonds is 3. The first kappa shape index (κ1) is 12.3. The van der Waals surface area contributed by atoms with E-state index < -0.39 is 0 Å². The number of fused-ring (bicyclic) bond motifs is 1. The van der Waals surface area contributed by atoms with E-state index in [0.717, 1.165) is 10.6 Å². The van der Waals surface area contributed by atoms with Crippen molar-refractivity contribution in [3.8, 4) is 5.75 Å². The second-order valence-electron chi connectivity index (χ2n) is 3.90. The van der Waals surface area contributed by atoms with Gasteiger partial charge in [-0.3, -0.25) is 9.20 Å². The summed E-state index contributed by atoms with van der Waals surface area (Å²) < 4.78 is 1.53. The molecule has 19 heavy (non-hydrogen) atoms. The first-order valence-electron chi connectivity index (χ1n) is 5.60. The molecule has 0 fully saturated rings. The SMILES string of the molecule is O=c1cc(CSc2ccccc2O)nc2sccn12. The van der Waals surface area contributed by atoms with E-state index in [0.29, 0.717) is 10.7 Å². The highest BCUT2D eigenvalue weighted by Crippen LogP contribution is 2.29. The van der Waals surface area contributed by atoms with Crippen LogP contribution >= 0.6 is 23.1 Å². The van der Waals surface area contributed by atoms with Crippen molar-refractivity contribution < 1.29 is 5.11 Å². The predicted molar refractivity (Wildman–Crippen MR) is 77.0 cm³/mol. The second-order valence-corrected chi connectivity index (χ2v) is 5.79. The Bertz CT molecular complexity index is 779. The highest BCUT2D eigenvalue weighted by molar-refractivity contribution is 7.98. The average molecular weight is 290 g/mol. The summed E-state index contributed by atoms with van der Waals surface area (Å²) in [6, 6.07) is 8.67. The molecule has 3 rings (SSSR count). The normalized spacial score (nSPS) is 10.9. The number of aromatic nitrogens is 2. The van der Waals surface area contributed by atoms with Crippen LogP contribution in [0.1, 0.15) is 5.69 Å². The minimum Gasteiger partial charge on any atom is -0.507 e. The number of benzene rings is 1. The second kappa shape index (κ2) is 5.07. The van der Waals surface area contributed by atoms with E-state index in [2.05, 4.69) is 4.98 Å². The molecule has 3 aromatic rings. The van der Waals surface area contributed by atoms with Crippen LogP contribution in [-0.4, -0.2) is 14.5 Å². The van der Waals surface area contributed by atoms with E-state index in [1.54, 1.807) is 18.3 Å². The number of nitrogens with zero attached hydrogens (tertiary/aromatic N) is 2. The van der Waals surface area contributed by atoms with Crippen LogP contribution < -0.4 is 5.56 Å². The molecule has 1 aromatic carbocycles. The lowest BCUT2D eigenvalue weighted by molar-refractivity contribution is 0.462. The average Bonchev–Trinajstić information content (AvgIpc) is 2.87. The number of phenols is 1. The number of hydrogen-bond acceptors (Lipinski definition) is 5. The maximum absolute atomic E-state index is 11.8.